The molecule has 0 radical (unpaired) electrons. The molecule has 2 heteroatoms. The summed E-state index contributed by atoms with van der Waals surface area (Å²) in [5.74, 6) is 1.68. The molecular weight excluding hydrogens is 345 g/mol. The van der Waals surface area contributed by atoms with Crippen LogP contribution in [0.15, 0.2) is 24.3 Å². The van der Waals surface area contributed by atoms with Crippen molar-refractivity contribution in [1.82, 2.24) is 0 Å². The fourth-order valence-corrected chi connectivity index (χ4v) is 3.67. The van der Waals surface area contributed by atoms with E-state index in [0.29, 0.717) is 0 Å². The second kappa shape index (κ2) is 6.57. The Hall–Kier alpha value is -0.0900. The molecule has 1 saturated carbocycles. The van der Waals surface area contributed by atoms with E-state index in [1.807, 2.05) is 0 Å². The molecule has 2 N–H and O–H groups in total. The highest BCUT2D eigenvalue weighted by Crippen LogP contribution is 2.34. The maximum Gasteiger partial charge on any atom is 0.0195 e. The molecule has 2 rings (SSSR count). The Kier molecular flexibility index (Phi) is 5.29. The van der Waals surface area contributed by atoms with Gasteiger partial charge in [0.05, 0.1) is 0 Å². The number of halogens is 1. The van der Waals surface area contributed by atoms with Crippen LogP contribution in [0.3, 0.4) is 0 Å². The second-order valence-electron chi connectivity index (χ2n) is 6.60. The van der Waals surface area contributed by atoms with Crippen molar-refractivity contribution >= 4 is 22.6 Å². The zero-order valence-corrected chi connectivity index (χ0v) is 14.3. The minimum Gasteiger partial charge on any atom is -0.325 e. The molecule has 1 nitrogen and oxygen atoms in total. The van der Waals surface area contributed by atoms with E-state index in [4.69, 9.17) is 5.73 Å². The Morgan fingerprint density at radius 2 is 1.89 bits per heavy atom. The molecule has 0 bridgehead atoms. The average Bonchev–Trinajstić information content (AvgIpc) is 2.55. The van der Waals surface area contributed by atoms with Crippen LogP contribution in [-0.4, -0.2) is 5.54 Å². The van der Waals surface area contributed by atoms with Gasteiger partial charge in [-0.25, -0.2) is 0 Å². The molecule has 1 aliphatic carbocycles. The summed E-state index contributed by atoms with van der Waals surface area (Å²) in [4.78, 5) is 0. The van der Waals surface area contributed by atoms with Crippen LogP contribution in [0.2, 0.25) is 0 Å². The second-order valence-corrected chi connectivity index (χ2v) is 7.85. The molecule has 0 saturated heterocycles. The van der Waals surface area contributed by atoms with Gasteiger partial charge in [0.25, 0.3) is 0 Å². The minimum absolute atomic E-state index is 0.0242. The van der Waals surface area contributed by atoms with E-state index in [-0.39, 0.29) is 5.54 Å². The molecule has 106 valence electrons. The first kappa shape index (κ1) is 15.3. The van der Waals surface area contributed by atoms with Gasteiger partial charge in [-0.3, -0.25) is 0 Å². The van der Waals surface area contributed by atoms with Gasteiger partial charge in [0.1, 0.15) is 0 Å². The molecule has 1 aliphatic rings. The molecule has 1 fully saturated rings. The van der Waals surface area contributed by atoms with Crippen molar-refractivity contribution < 1.29 is 0 Å². The molecule has 19 heavy (non-hydrogen) atoms. The van der Waals surface area contributed by atoms with Crippen molar-refractivity contribution in [2.45, 2.75) is 57.9 Å². The number of hydrogen-bond donors (Lipinski definition) is 1. The van der Waals surface area contributed by atoms with Gasteiger partial charge in [-0.05, 0) is 77.8 Å². The van der Waals surface area contributed by atoms with E-state index in [1.165, 1.54) is 41.2 Å². The molecule has 1 aromatic carbocycles. The van der Waals surface area contributed by atoms with Gasteiger partial charge in [0, 0.05) is 9.11 Å². The van der Waals surface area contributed by atoms with Gasteiger partial charge in [-0.15, -0.1) is 0 Å². The van der Waals surface area contributed by atoms with E-state index >= 15 is 0 Å². The summed E-state index contributed by atoms with van der Waals surface area (Å²) >= 11 is 2.36. The summed E-state index contributed by atoms with van der Waals surface area (Å²) in [6.07, 6.45) is 7.37. The summed E-state index contributed by atoms with van der Waals surface area (Å²) in [6, 6.07) is 8.85. The van der Waals surface area contributed by atoms with Crippen LogP contribution in [0.1, 0.15) is 51.5 Å². The summed E-state index contributed by atoms with van der Waals surface area (Å²) in [5, 5.41) is 0. The molecule has 1 aromatic rings. The molecule has 0 heterocycles. The Labute approximate surface area is 131 Å². The van der Waals surface area contributed by atoms with Crippen LogP contribution in [0.25, 0.3) is 0 Å². The number of rotatable bonds is 3. The lowest BCUT2D eigenvalue weighted by Crippen LogP contribution is -2.41. The van der Waals surface area contributed by atoms with E-state index in [9.17, 15) is 0 Å². The molecule has 2 atom stereocenters. The summed E-state index contributed by atoms with van der Waals surface area (Å²) in [7, 11) is 0. The highest BCUT2D eigenvalue weighted by molar-refractivity contribution is 14.1. The summed E-state index contributed by atoms with van der Waals surface area (Å²) < 4.78 is 1.30. The highest BCUT2D eigenvalue weighted by Gasteiger charge is 2.30. The van der Waals surface area contributed by atoms with E-state index < -0.39 is 0 Å². The first-order valence-electron chi connectivity index (χ1n) is 7.52. The van der Waals surface area contributed by atoms with Crippen LogP contribution >= 0.6 is 22.6 Å². The SMILES string of the molecule is CC(C)C1CCCC(N)(Cc2ccc(I)cc2)CC1. The standard InChI is InChI=1S/C17H26IN/c1-13(2)15-4-3-10-17(19,11-9-15)12-14-5-7-16(18)8-6-14/h5-8,13,15H,3-4,9-12,19H2,1-2H3. The molecular formula is C17H26IN. The molecule has 0 aromatic heterocycles. The largest absolute Gasteiger partial charge is 0.325 e. The quantitative estimate of drug-likeness (QED) is 0.601. The Morgan fingerprint density at radius 3 is 2.53 bits per heavy atom. The van der Waals surface area contributed by atoms with Gasteiger partial charge < -0.3 is 5.73 Å². The third-order valence-corrected chi connectivity index (χ3v) is 5.39. The average molecular weight is 371 g/mol. The van der Waals surface area contributed by atoms with Gasteiger partial charge in [-0.2, -0.15) is 0 Å². The molecule has 2 unspecified atom stereocenters. The fourth-order valence-electron chi connectivity index (χ4n) is 3.31. The predicted octanol–water partition coefficient (Wildman–Crippen LogP) is 4.77. The van der Waals surface area contributed by atoms with Crippen LogP contribution < -0.4 is 5.73 Å². The maximum absolute atomic E-state index is 6.69. The zero-order valence-electron chi connectivity index (χ0n) is 12.2. The lowest BCUT2D eigenvalue weighted by molar-refractivity contribution is 0.322. The lowest BCUT2D eigenvalue weighted by atomic mass is 9.83. The van der Waals surface area contributed by atoms with Crippen molar-refractivity contribution in [2.24, 2.45) is 17.6 Å². The highest BCUT2D eigenvalue weighted by atomic mass is 127. The zero-order chi connectivity index (χ0) is 13.9. The van der Waals surface area contributed by atoms with E-state index in [2.05, 4.69) is 60.7 Å². The topological polar surface area (TPSA) is 26.0 Å². The first-order chi connectivity index (χ1) is 8.98. The van der Waals surface area contributed by atoms with Crippen LogP contribution in [-0.2, 0) is 6.42 Å². The third kappa shape index (κ3) is 4.45. The number of nitrogens with two attached hydrogens (primary N) is 1. The predicted molar refractivity (Wildman–Crippen MR) is 91.2 cm³/mol. The Bertz CT molecular complexity index is 398. The van der Waals surface area contributed by atoms with Crippen LogP contribution in [0.4, 0.5) is 0 Å². The van der Waals surface area contributed by atoms with Crippen molar-refractivity contribution in [3.8, 4) is 0 Å². The molecule has 0 aliphatic heterocycles. The fraction of sp³-hybridized carbons (Fsp3) is 0.647. The maximum atomic E-state index is 6.69. The van der Waals surface area contributed by atoms with E-state index in [0.717, 1.165) is 18.3 Å². The third-order valence-electron chi connectivity index (χ3n) is 4.67. The molecule has 0 spiro atoms. The minimum atomic E-state index is 0.0242. The number of hydrogen-bond acceptors (Lipinski definition) is 1. The number of benzene rings is 1. The monoisotopic (exact) mass is 371 g/mol. The van der Waals surface area contributed by atoms with Gasteiger partial charge >= 0.3 is 0 Å². The van der Waals surface area contributed by atoms with Crippen molar-refractivity contribution in [2.75, 3.05) is 0 Å². The Balaban J connectivity index is 2.00. The van der Waals surface area contributed by atoms with Crippen LogP contribution in [0.5, 0.6) is 0 Å². The van der Waals surface area contributed by atoms with Gasteiger partial charge in [-0.1, -0.05) is 38.8 Å². The Morgan fingerprint density at radius 1 is 1.21 bits per heavy atom. The van der Waals surface area contributed by atoms with Crippen molar-refractivity contribution in [3.05, 3.63) is 33.4 Å². The summed E-state index contributed by atoms with van der Waals surface area (Å²) in [5.41, 5.74) is 8.11. The van der Waals surface area contributed by atoms with Gasteiger partial charge in [0.2, 0.25) is 0 Å². The van der Waals surface area contributed by atoms with E-state index in [1.54, 1.807) is 0 Å². The first-order valence-corrected chi connectivity index (χ1v) is 8.60. The van der Waals surface area contributed by atoms with Crippen molar-refractivity contribution in [3.63, 3.8) is 0 Å². The normalized spacial score (nSPS) is 28.4. The summed E-state index contributed by atoms with van der Waals surface area (Å²) in [6.45, 7) is 4.71. The smallest absolute Gasteiger partial charge is 0.0195 e. The van der Waals surface area contributed by atoms with Gasteiger partial charge in [0.15, 0.2) is 0 Å². The lowest BCUT2D eigenvalue weighted by Gasteiger charge is -2.28. The molecule has 0 amide bonds. The van der Waals surface area contributed by atoms with Crippen LogP contribution in [0, 0.1) is 15.4 Å². The van der Waals surface area contributed by atoms with Crippen molar-refractivity contribution in [1.29, 1.82) is 0 Å².